The lowest BCUT2D eigenvalue weighted by Gasteiger charge is -2.21. The smallest absolute Gasteiger partial charge is 0.319 e. The predicted molar refractivity (Wildman–Crippen MR) is 53.5 cm³/mol. The van der Waals surface area contributed by atoms with Gasteiger partial charge < -0.3 is 4.74 Å². The summed E-state index contributed by atoms with van der Waals surface area (Å²) in [5, 5.41) is 8.45. The van der Waals surface area contributed by atoms with E-state index in [9.17, 15) is 4.79 Å². The Kier molecular flexibility index (Phi) is 6.77. The van der Waals surface area contributed by atoms with Crippen molar-refractivity contribution in [1.82, 2.24) is 4.90 Å². The van der Waals surface area contributed by atoms with Gasteiger partial charge in [0.05, 0.1) is 19.7 Å². The van der Waals surface area contributed by atoms with Crippen LogP contribution < -0.4 is 0 Å². The molecule has 0 unspecified atom stereocenters. The van der Waals surface area contributed by atoms with Crippen LogP contribution in [-0.2, 0) is 9.53 Å². The highest BCUT2D eigenvalue weighted by molar-refractivity contribution is 5.71. The van der Waals surface area contributed by atoms with Gasteiger partial charge in [-0.05, 0) is 5.92 Å². The molecule has 0 aromatic carbocycles. The largest absolute Gasteiger partial charge is 0.468 e. The zero-order valence-electron chi connectivity index (χ0n) is 9.12. The molecule has 80 valence electrons. The molecule has 0 amide bonds. The lowest BCUT2D eigenvalue weighted by molar-refractivity contribution is -0.142. The van der Waals surface area contributed by atoms with Crippen molar-refractivity contribution in [1.29, 1.82) is 5.26 Å². The minimum absolute atomic E-state index is 0.247. The molecule has 0 rings (SSSR count). The first-order chi connectivity index (χ1) is 6.60. The van der Waals surface area contributed by atoms with Crippen LogP contribution in [0.15, 0.2) is 0 Å². The normalized spacial score (nSPS) is 10.3. The van der Waals surface area contributed by atoms with Crippen molar-refractivity contribution in [2.75, 3.05) is 26.7 Å². The fraction of sp³-hybridized carbons (Fsp3) is 0.800. The number of hydrogen-bond donors (Lipinski definition) is 0. The van der Waals surface area contributed by atoms with Crippen LogP contribution in [0.2, 0.25) is 0 Å². The van der Waals surface area contributed by atoms with E-state index >= 15 is 0 Å². The number of rotatable bonds is 6. The van der Waals surface area contributed by atoms with Crippen LogP contribution in [0.1, 0.15) is 20.3 Å². The van der Waals surface area contributed by atoms with E-state index in [1.165, 1.54) is 7.11 Å². The average Bonchev–Trinajstić information content (AvgIpc) is 2.13. The standard InChI is InChI=1S/C10H18N2O2/c1-9(2)7-12(6-4-5-11)8-10(13)14-3/h9H,4,6-8H2,1-3H3. The molecule has 0 atom stereocenters. The summed E-state index contributed by atoms with van der Waals surface area (Å²) in [6, 6.07) is 2.07. The second-order valence-corrected chi connectivity index (χ2v) is 3.61. The highest BCUT2D eigenvalue weighted by Crippen LogP contribution is 1.99. The molecule has 4 heteroatoms. The molecule has 0 saturated heterocycles. The van der Waals surface area contributed by atoms with Crippen LogP contribution >= 0.6 is 0 Å². The Hall–Kier alpha value is -1.08. The fourth-order valence-corrected chi connectivity index (χ4v) is 1.21. The van der Waals surface area contributed by atoms with Crippen molar-refractivity contribution in [3.8, 4) is 6.07 Å². The maximum Gasteiger partial charge on any atom is 0.319 e. The van der Waals surface area contributed by atoms with Gasteiger partial charge in [-0.25, -0.2) is 0 Å². The monoisotopic (exact) mass is 198 g/mol. The van der Waals surface area contributed by atoms with E-state index in [0.29, 0.717) is 18.9 Å². The molecule has 14 heavy (non-hydrogen) atoms. The van der Waals surface area contributed by atoms with Crippen LogP contribution in [0.25, 0.3) is 0 Å². The molecular weight excluding hydrogens is 180 g/mol. The molecule has 4 nitrogen and oxygen atoms in total. The van der Waals surface area contributed by atoms with Gasteiger partial charge in [-0.3, -0.25) is 9.69 Å². The van der Waals surface area contributed by atoms with Gasteiger partial charge in [0.25, 0.3) is 0 Å². The number of nitriles is 1. The van der Waals surface area contributed by atoms with Crippen LogP contribution in [0.3, 0.4) is 0 Å². The number of carbonyl (C=O) groups is 1. The van der Waals surface area contributed by atoms with Crippen LogP contribution in [0.4, 0.5) is 0 Å². The Labute approximate surface area is 85.5 Å². The first kappa shape index (κ1) is 12.9. The molecule has 0 N–H and O–H groups in total. The predicted octanol–water partition coefficient (Wildman–Crippen LogP) is 1.03. The molecule has 0 aliphatic heterocycles. The minimum Gasteiger partial charge on any atom is -0.468 e. The first-order valence-electron chi connectivity index (χ1n) is 4.76. The third-order valence-corrected chi connectivity index (χ3v) is 1.74. The molecule has 0 aromatic rings. The van der Waals surface area contributed by atoms with Crippen molar-refractivity contribution in [3.63, 3.8) is 0 Å². The summed E-state index contributed by atoms with van der Waals surface area (Å²) in [4.78, 5) is 13.0. The second kappa shape index (κ2) is 7.34. The summed E-state index contributed by atoms with van der Waals surface area (Å²) >= 11 is 0. The number of hydrogen-bond acceptors (Lipinski definition) is 4. The van der Waals surface area contributed by atoms with Crippen LogP contribution in [-0.4, -0.2) is 37.6 Å². The van der Waals surface area contributed by atoms with E-state index in [-0.39, 0.29) is 12.5 Å². The van der Waals surface area contributed by atoms with E-state index in [1.54, 1.807) is 0 Å². The third kappa shape index (κ3) is 6.44. The van der Waals surface area contributed by atoms with Crippen molar-refractivity contribution in [2.24, 2.45) is 5.92 Å². The van der Waals surface area contributed by atoms with E-state index in [2.05, 4.69) is 24.7 Å². The Morgan fingerprint density at radius 1 is 1.57 bits per heavy atom. The Bertz CT molecular complexity index is 209. The quantitative estimate of drug-likeness (QED) is 0.598. The van der Waals surface area contributed by atoms with Gasteiger partial charge in [0.15, 0.2) is 0 Å². The van der Waals surface area contributed by atoms with E-state index < -0.39 is 0 Å². The maximum absolute atomic E-state index is 11.0. The average molecular weight is 198 g/mol. The number of esters is 1. The van der Waals surface area contributed by atoms with Crippen molar-refractivity contribution < 1.29 is 9.53 Å². The van der Waals surface area contributed by atoms with Gasteiger partial charge >= 0.3 is 5.97 Å². The van der Waals surface area contributed by atoms with E-state index in [1.807, 2.05) is 4.90 Å². The van der Waals surface area contributed by atoms with Crippen molar-refractivity contribution in [3.05, 3.63) is 0 Å². The summed E-state index contributed by atoms with van der Waals surface area (Å²) in [5.41, 5.74) is 0. The molecule has 0 aliphatic carbocycles. The van der Waals surface area contributed by atoms with Crippen LogP contribution in [0, 0.1) is 17.2 Å². The molecule has 0 bridgehead atoms. The fourth-order valence-electron chi connectivity index (χ4n) is 1.21. The topological polar surface area (TPSA) is 53.3 Å². The van der Waals surface area contributed by atoms with Crippen molar-refractivity contribution in [2.45, 2.75) is 20.3 Å². The number of ether oxygens (including phenoxy) is 1. The minimum atomic E-state index is -0.247. The molecule has 0 spiro atoms. The molecule has 0 radical (unpaired) electrons. The van der Waals surface area contributed by atoms with Gasteiger partial charge in [-0.2, -0.15) is 5.26 Å². The van der Waals surface area contributed by atoms with E-state index in [4.69, 9.17) is 5.26 Å². The molecule has 0 aromatic heterocycles. The maximum atomic E-state index is 11.0. The zero-order valence-corrected chi connectivity index (χ0v) is 9.12. The first-order valence-corrected chi connectivity index (χ1v) is 4.76. The second-order valence-electron chi connectivity index (χ2n) is 3.61. The zero-order chi connectivity index (χ0) is 11.0. The summed E-state index contributed by atoms with van der Waals surface area (Å²) in [7, 11) is 1.38. The summed E-state index contributed by atoms with van der Waals surface area (Å²) in [6.07, 6.45) is 0.448. The van der Waals surface area contributed by atoms with Gasteiger partial charge in [0.2, 0.25) is 0 Å². The number of methoxy groups -OCH3 is 1. The summed E-state index contributed by atoms with van der Waals surface area (Å²) < 4.78 is 4.58. The van der Waals surface area contributed by atoms with Gasteiger partial charge in [0.1, 0.15) is 0 Å². The number of nitrogens with zero attached hydrogens (tertiary/aromatic N) is 2. The van der Waals surface area contributed by atoms with Crippen LogP contribution in [0.5, 0.6) is 0 Å². The molecule has 0 fully saturated rings. The highest BCUT2D eigenvalue weighted by Gasteiger charge is 2.11. The van der Waals surface area contributed by atoms with Gasteiger partial charge in [0, 0.05) is 19.5 Å². The molecule has 0 heterocycles. The number of carbonyl (C=O) groups excluding carboxylic acids is 1. The Balaban J connectivity index is 3.97. The Morgan fingerprint density at radius 3 is 2.64 bits per heavy atom. The third-order valence-electron chi connectivity index (χ3n) is 1.74. The Morgan fingerprint density at radius 2 is 2.21 bits per heavy atom. The summed E-state index contributed by atoms with van der Waals surface area (Å²) in [5.74, 6) is 0.238. The molecule has 0 aliphatic rings. The molecule has 0 saturated carbocycles. The lowest BCUT2D eigenvalue weighted by Crippen LogP contribution is -2.34. The van der Waals surface area contributed by atoms with Gasteiger partial charge in [-0.15, -0.1) is 0 Å². The summed E-state index contributed by atoms with van der Waals surface area (Å²) in [6.45, 7) is 5.88. The highest BCUT2D eigenvalue weighted by atomic mass is 16.5. The van der Waals surface area contributed by atoms with Gasteiger partial charge in [-0.1, -0.05) is 13.8 Å². The van der Waals surface area contributed by atoms with E-state index in [0.717, 1.165) is 6.54 Å². The lowest BCUT2D eigenvalue weighted by atomic mass is 10.2. The molecular formula is C10H18N2O2. The van der Waals surface area contributed by atoms with Crippen molar-refractivity contribution >= 4 is 5.97 Å². The SMILES string of the molecule is COC(=O)CN(CCC#N)CC(C)C.